The number of ether oxygens (including phenoxy) is 2. The molecule has 0 atom stereocenters. The standard InChI is InChI=1S/C24H22F2N4O5S/c1-2-36(32,33)19-5-4-18(27-11-19)10-29-23(31)16-8-17-13-30(14-20(17)28-9-16)12-15-3-6-21-22(7-15)35-24(25,26)34-21/h3-9,11H,2,10,12-14H2,1H3,(H,29,31). The number of halogens is 2. The van der Waals surface area contributed by atoms with Crippen LogP contribution < -0.4 is 14.8 Å². The number of rotatable bonds is 7. The van der Waals surface area contributed by atoms with E-state index >= 15 is 0 Å². The number of sulfone groups is 1. The van der Waals surface area contributed by atoms with E-state index in [2.05, 4.69) is 29.7 Å². The molecule has 9 nitrogen and oxygen atoms in total. The van der Waals surface area contributed by atoms with Crippen molar-refractivity contribution >= 4 is 15.7 Å². The highest BCUT2D eigenvalue weighted by Crippen LogP contribution is 2.41. The molecule has 0 saturated heterocycles. The second-order valence-electron chi connectivity index (χ2n) is 8.49. The maximum Gasteiger partial charge on any atom is 0.586 e. The summed E-state index contributed by atoms with van der Waals surface area (Å²) in [7, 11) is -3.33. The Morgan fingerprint density at radius 3 is 2.64 bits per heavy atom. The van der Waals surface area contributed by atoms with Crippen molar-refractivity contribution in [2.24, 2.45) is 0 Å². The van der Waals surface area contributed by atoms with Crippen LogP contribution in [-0.4, -0.2) is 41.2 Å². The number of pyridine rings is 2. The zero-order valence-corrected chi connectivity index (χ0v) is 20.0. The highest BCUT2D eigenvalue weighted by Gasteiger charge is 2.43. The van der Waals surface area contributed by atoms with E-state index < -0.39 is 16.1 Å². The summed E-state index contributed by atoms with van der Waals surface area (Å²) in [5.74, 6) is -0.332. The Morgan fingerprint density at radius 1 is 1.08 bits per heavy atom. The molecule has 3 aromatic rings. The quantitative estimate of drug-likeness (QED) is 0.510. The van der Waals surface area contributed by atoms with E-state index in [4.69, 9.17) is 0 Å². The van der Waals surface area contributed by atoms with Gasteiger partial charge >= 0.3 is 6.29 Å². The van der Waals surface area contributed by atoms with Crippen LogP contribution in [0.2, 0.25) is 0 Å². The van der Waals surface area contributed by atoms with Gasteiger partial charge in [-0.3, -0.25) is 19.7 Å². The Hall–Kier alpha value is -3.64. The van der Waals surface area contributed by atoms with Crippen molar-refractivity contribution in [1.82, 2.24) is 20.2 Å². The second kappa shape index (κ2) is 9.10. The highest BCUT2D eigenvalue weighted by atomic mass is 32.2. The van der Waals surface area contributed by atoms with Gasteiger partial charge in [-0.15, -0.1) is 8.78 Å². The lowest BCUT2D eigenvalue weighted by Gasteiger charge is -2.14. The number of carbonyl (C=O) groups excluding carboxylic acids is 1. The molecular formula is C24H22F2N4O5S. The van der Waals surface area contributed by atoms with Gasteiger partial charge in [-0.2, -0.15) is 0 Å². The van der Waals surface area contributed by atoms with Crippen LogP contribution in [0.5, 0.6) is 11.5 Å². The van der Waals surface area contributed by atoms with Crippen molar-refractivity contribution in [3.63, 3.8) is 0 Å². The number of alkyl halides is 2. The van der Waals surface area contributed by atoms with Crippen molar-refractivity contribution in [1.29, 1.82) is 0 Å². The monoisotopic (exact) mass is 516 g/mol. The first-order valence-corrected chi connectivity index (χ1v) is 12.8. The number of carbonyl (C=O) groups is 1. The Kier molecular flexibility index (Phi) is 6.08. The van der Waals surface area contributed by atoms with Crippen LogP contribution in [0.3, 0.4) is 0 Å². The van der Waals surface area contributed by atoms with Gasteiger partial charge in [0, 0.05) is 32.0 Å². The zero-order chi connectivity index (χ0) is 25.5. The molecule has 2 aliphatic rings. The minimum absolute atomic E-state index is 0.00223. The average molecular weight is 517 g/mol. The lowest BCUT2D eigenvalue weighted by molar-refractivity contribution is -0.286. The fourth-order valence-electron chi connectivity index (χ4n) is 4.05. The Morgan fingerprint density at radius 2 is 1.89 bits per heavy atom. The molecule has 188 valence electrons. The normalized spacial score (nSPS) is 16.1. The molecule has 5 rings (SSSR count). The number of aromatic nitrogens is 2. The molecule has 0 aliphatic carbocycles. The summed E-state index contributed by atoms with van der Waals surface area (Å²) >= 11 is 0. The molecule has 36 heavy (non-hydrogen) atoms. The van der Waals surface area contributed by atoms with E-state index in [-0.39, 0.29) is 34.6 Å². The predicted molar refractivity (Wildman–Crippen MR) is 123 cm³/mol. The summed E-state index contributed by atoms with van der Waals surface area (Å²) in [6.45, 7) is 3.28. The molecule has 2 aromatic heterocycles. The van der Waals surface area contributed by atoms with Gasteiger partial charge in [0.1, 0.15) is 0 Å². The molecule has 0 bridgehead atoms. The van der Waals surface area contributed by atoms with Gasteiger partial charge in [-0.1, -0.05) is 13.0 Å². The molecule has 0 spiro atoms. The third kappa shape index (κ3) is 5.00. The van der Waals surface area contributed by atoms with E-state index in [1.54, 1.807) is 25.1 Å². The lowest BCUT2D eigenvalue weighted by Crippen LogP contribution is -2.25. The van der Waals surface area contributed by atoms with E-state index in [9.17, 15) is 22.0 Å². The van der Waals surface area contributed by atoms with E-state index in [0.29, 0.717) is 30.9 Å². The van der Waals surface area contributed by atoms with Gasteiger partial charge in [0.15, 0.2) is 21.3 Å². The molecule has 0 saturated carbocycles. The number of fused-ring (bicyclic) bond motifs is 2. The first kappa shape index (κ1) is 24.1. The van der Waals surface area contributed by atoms with Gasteiger partial charge < -0.3 is 14.8 Å². The molecule has 0 radical (unpaired) electrons. The maximum absolute atomic E-state index is 13.3. The number of hydrogen-bond donors (Lipinski definition) is 1. The summed E-state index contributed by atoms with van der Waals surface area (Å²) in [4.78, 5) is 23.4. The zero-order valence-electron chi connectivity index (χ0n) is 19.2. The first-order valence-electron chi connectivity index (χ1n) is 11.2. The molecule has 4 heterocycles. The van der Waals surface area contributed by atoms with Crippen LogP contribution in [0.4, 0.5) is 8.78 Å². The second-order valence-corrected chi connectivity index (χ2v) is 10.8. The number of nitrogens with one attached hydrogen (secondary N) is 1. The molecule has 1 N–H and O–H groups in total. The fraction of sp³-hybridized carbons (Fsp3) is 0.292. The van der Waals surface area contributed by atoms with E-state index in [1.807, 2.05) is 0 Å². The molecule has 12 heteroatoms. The molecule has 0 fully saturated rings. The average Bonchev–Trinajstić information content (AvgIpc) is 3.39. The third-order valence-corrected chi connectivity index (χ3v) is 7.65. The van der Waals surface area contributed by atoms with Crippen LogP contribution in [0.15, 0.2) is 53.7 Å². The smallest absolute Gasteiger partial charge is 0.395 e. The van der Waals surface area contributed by atoms with Crippen molar-refractivity contribution in [2.45, 2.75) is 44.3 Å². The van der Waals surface area contributed by atoms with Gasteiger partial charge in [-0.05, 0) is 41.5 Å². The fourth-order valence-corrected chi connectivity index (χ4v) is 4.87. The molecule has 0 unspecified atom stereocenters. The van der Waals surface area contributed by atoms with Crippen LogP contribution in [0, 0.1) is 0 Å². The number of nitrogens with zero attached hydrogens (tertiary/aromatic N) is 3. The largest absolute Gasteiger partial charge is 0.586 e. The lowest BCUT2D eigenvalue weighted by atomic mass is 10.1. The van der Waals surface area contributed by atoms with Crippen LogP contribution in [0.25, 0.3) is 0 Å². The highest BCUT2D eigenvalue weighted by molar-refractivity contribution is 7.91. The summed E-state index contributed by atoms with van der Waals surface area (Å²) in [6, 6.07) is 9.52. The Balaban J connectivity index is 1.19. The Labute approximate surface area is 206 Å². The summed E-state index contributed by atoms with van der Waals surface area (Å²) in [5, 5.41) is 2.77. The van der Waals surface area contributed by atoms with E-state index in [0.717, 1.165) is 16.8 Å². The predicted octanol–water partition coefficient (Wildman–Crippen LogP) is 3.04. The third-order valence-electron chi connectivity index (χ3n) is 5.93. The molecule has 2 aliphatic heterocycles. The number of hydrogen-bond acceptors (Lipinski definition) is 8. The van der Waals surface area contributed by atoms with Crippen LogP contribution in [-0.2, 0) is 36.0 Å². The van der Waals surface area contributed by atoms with Crippen molar-refractivity contribution < 1.29 is 31.5 Å². The molecular weight excluding hydrogens is 494 g/mol. The van der Waals surface area contributed by atoms with Gasteiger partial charge in [0.25, 0.3) is 5.91 Å². The van der Waals surface area contributed by atoms with Crippen molar-refractivity contribution in [3.8, 4) is 11.5 Å². The number of amides is 1. The van der Waals surface area contributed by atoms with Gasteiger partial charge in [0.2, 0.25) is 0 Å². The summed E-state index contributed by atoms with van der Waals surface area (Å²) in [6.07, 6.45) is -0.858. The van der Waals surface area contributed by atoms with Crippen molar-refractivity contribution in [2.75, 3.05) is 5.75 Å². The topological polar surface area (TPSA) is 111 Å². The maximum atomic E-state index is 13.3. The molecule has 1 aromatic carbocycles. The van der Waals surface area contributed by atoms with Crippen molar-refractivity contribution in [3.05, 3.63) is 76.9 Å². The van der Waals surface area contributed by atoms with E-state index in [1.165, 1.54) is 30.6 Å². The van der Waals surface area contributed by atoms with Gasteiger partial charge in [-0.25, -0.2) is 8.42 Å². The Bertz CT molecular complexity index is 1430. The van der Waals surface area contributed by atoms with Crippen LogP contribution in [0.1, 0.15) is 39.8 Å². The van der Waals surface area contributed by atoms with Gasteiger partial charge in [0.05, 0.1) is 34.1 Å². The summed E-state index contributed by atoms with van der Waals surface area (Å²) in [5.41, 5.74) is 3.45. The first-order chi connectivity index (χ1) is 17.1. The summed E-state index contributed by atoms with van der Waals surface area (Å²) < 4.78 is 59.3. The minimum atomic E-state index is -3.65. The minimum Gasteiger partial charge on any atom is -0.395 e. The molecule has 1 amide bonds. The van der Waals surface area contributed by atoms with Crippen LogP contribution >= 0.6 is 0 Å². The number of benzene rings is 1. The SMILES string of the molecule is CCS(=O)(=O)c1ccc(CNC(=O)c2cnc3c(c2)CN(Cc2ccc4c(c2)OC(F)(F)O4)C3)nc1.